The van der Waals surface area contributed by atoms with Gasteiger partial charge in [0.1, 0.15) is 5.82 Å². The number of carbonyl (C=O) groups excluding carboxylic acids is 1. The first-order valence-electron chi connectivity index (χ1n) is 6.05. The van der Waals surface area contributed by atoms with E-state index in [1.165, 1.54) is 0 Å². The van der Waals surface area contributed by atoms with E-state index in [0.717, 1.165) is 11.4 Å². The summed E-state index contributed by atoms with van der Waals surface area (Å²) >= 11 is 0. The van der Waals surface area contributed by atoms with Gasteiger partial charge in [-0.3, -0.25) is 9.78 Å². The smallest absolute Gasteiger partial charge is 0.253 e. The average molecular weight is 256 g/mol. The second-order valence-corrected chi connectivity index (χ2v) is 4.16. The van der Waals surface area contributed by atoms with Gasteiger partial charge >= 0.3 is 0 Å². The molecule has 2 heterocycles. The summed E-state index contributed by atoms with van der Waals surface area (Å²) in [6, 6.07) is 7.19. The lowest BCUT2D eigenvalue weighted by molar-refractivity contribution is 0.0939. The summed E-state index contributed by atoms with van der Waals surface area (Å²) in [4.78, 5) is 20.2. The molecule has 1 amide bonds. The number of carbonyl (C=O) groups is 1. The number of anilines is 1. The standard InChI is InChI=1S/C14H16N4O/c1-10(11-4-3-7-16-8-11)18-14(19)12-5-6-13(15-2)17-9-12/h3-10H,1-2H3,(H,15,17)(H,18,19). The van der Waals surface area contributed by atoms with Crippen molar-refractivity contribution in [3.8, 4) is 0 Å². The molecule has 1 atom stereocenters. The van der Waals surface area contributed by atoms with Gasteiger partial charge in [-0.15, -0.1) is 0 Å². The fraction of sp³-hybridized carbons (Fsp3) is 0.214. The van der Waals surface area contributed by atoms with E-state index in [0.29, 0.717) is 5.56 Å². The molecule has 2 N–H and O–H groups in total. The number of amides is 1. The number of hydrogen-bond acceptors (Lipinski definition) is 4. The van der Waals surface area contributed by atoms with Crippen LogP contribution in [0.4, 0.5) is 5.82 Å². The van der Waals surface area contributed by atoms with Crippen molar-refractivity contribution in [1.82, 2.24) is 15.3 Å². The molecule has 0 saturated carbocycles. The largest absolute Gasteiger partial charge is 0.373 e. The van der Waals surface area contributed by atoms with Crippen LogP contribution >= 0.6 is 0 Å². The third kappa shape index (κ3) is 3.28. The van der Waals surface area contributed by atoms with Gasteiger partial charge in [0, 0.05) is 25.6 Å². The SMILES string of the molecule is CNc1ccc(C(=O)NC(C)c2cccnc2)cn1. The van der Waals surface area contributed by atoms with Crippen LogP contribution in [0.5, 0.6) is 0 Å². The molecule has 2 rings (SSSR count). The maximum atomic E-state index is 12.0. The van der Waals surface area contributed by atoms with E-state index >= 15 is 0 Å². The topological polar surface area (TPSA) is 66.9 Å². The van der Waals surface area contributed by atoms with Crippen molar-refractivity contribution in [3.63, 3.8) is 0 Å². The molecule has 2 aromatic heterocycles. The zero-order valence-electron chi connectivity index (χ0n) is 10.9. The highest BCUT2D eigenvalue weighted by molar-refractivity contribution is 5.94. The molecular weight excluding hydrogens is 240 g/mol. The Hall–Kier alpha value is -2.43. The van der Waals surface area contributed by atoms with Gasteiger partial charge in [-0.1, -0.05) is 6.07 Å². The second-order valence-electron chi connectivity index (χ2n) is 4.16. The van der Waals surface area contributed by atoms with E-state index in [1.54, 1.807) is 37.8 Å². The van der Waals surface area contributed by atoms with Crippen molar-refractivity contribution in [1.29, 1.82) is 0 Å². The summed E-state index contributed by atoms with van der Waals surface area (Å²) < 4.78 is 0. The van der Waals surface area contributed by atoms with Crippen molar-refractivity contribution in [2.45, 2.75) is 13.0 Å². The van der Waals surface area contributed by atoms with E-state index in [4.69, 9.17) is 0 Å². The maximum absolute atomic E-state index is 12.0. The van der Waals surface area contributed by atoms with Gasteiger partial charge in [0.05, 0.1) is 11.6 Å². The molecule has 19 heavy (non-hydrogen) atoms. The van der Waals surface area contributed by atoms with Crippen LogP contribution in [0.15, 0.2) is 42.9 Å². The molecule has 1 unspecified atom stereocenters. The molecule has 0 aliphatic rings. The Bertz CT molecular complexity index is 539. The molecule has 0 bridgehead atoms. The van der Waals surface area contributed by atoms with Crippen LogP contribution in [0, 0.1) is 0 Å². The normalized spacial score (nSPS) is 11.7. The van der Waals surface area contributed by atoms with Crippen LogP contribution in [0.3, 0.4) is 0 Å². The van der Waals surface area contributed by atoms with Gasteiger partial charge in [0.15, 0.2) is 0 Å². The molecule has 0 radical (unpaired) electrons. The fourth-order valence-electron chi connectivity index (χ4n) is 1.67. The first-order valence-corrected chi connectivity index (χ1v) is 6.05. The second kappa shape index (κ2) is 5.95. The molecule has 5 nitrogen and oxygen atoms in total. The Morgan fingerprint density at radius 2 is 2.11 bits per heavy atom. The van der Waals surface area contributed by atoms with E-state index in [2.05, 4.69) is 20.6 Å². The average Bonchev–Trinajstić information content (AvgIpc) is 2.48. The number of nitrogens with one attached hydrogen (secondary N) is 2. The lowest BCUT2D eigenvalue weighted by Gasteiger charge is -2.13. The summed E-state index contributed by atoms with van der Waals surface area (Å²) in [5.74, 6) is 0.586. The Morgan fingerprint density at radius 1 is 1.26 bits per heavy atom. The van der Waals surface area contributed by atoms with E-state index in [-0.39, 0.29) is 11.9 Å². The molecule has 0 fully saturated rings. The number of rotatable bonds is 4. The first kappa shape index (κ1) is 13.0. The number of pyridine rings is 2. The summed E-state index contributed by atoms with van der Waals surface area (Å²) in [6.07, 6.45) is 5.00. The summed E-state index contributed by atoms with van der Waals surface area (Å²) in [7, 11) is 1.78. The third-order valence-corrected chi connectivity index (χ3v) is 2.81. The predicted molar refractivity (Wildman–Crippen MR) is 73.9 cm³/mol. The lowest BCUT2D eigenvalue weighted by atomic mass is 10.1. The van der Waals surface area contributed by atoms with Crippen LogP contribution in [0.25, 0.3) is 0 Å². The van der Waals surface area contributed by atoms with Crippen LogP contribution in [0.2, 0.25) is 0 Å². The lowest BCUT2D eigenvalue weighted by Crippen LogP contribution is -2.26. The molecule has 0 saturated heterocycles. The van der Waals surface area contributed by atoms with Crippen molar-refractivity contribution in [3.05, 3.63) is 54.0 Å². The Labute approximate surface area is 112 Å². The van der Waals surface area contributed by atoms with Gasteiger partial charge in [-0.2, -0.15) is 0 Å². The van der Waals surface area contributed by atoms with Crippen molar-refractivity contribution < 1.29 is 4.79 Å². The van der Waals surface area contributed by atoms with Crippen LogP contribution in [0.1, 0.15) is 28.9 Å². The van der Waals surface area contributed by atoms with E-state index < -0.39 is 0 Å². The molecule has 0 aliphatic heterocycles. The quantitative estimate of drug-likeness (QED) is 0.878. The monoisotopic (exact) mass is 256 g/mol. The Kier molecular flexibility index (Phi) is 4.07. The van der Waals surface area contributed by atoms with Gasteiger partial charge in [-0.05, 0) is 30.7 Å². The Morgan fingerprint density at radius 3 is 2.68 bits per heavy atom. The van der Waals surface area contributed by atoms with Gasteiger partial charge in [0.25, 0.3) is 5.91 Å². The highest BCUT2D eigenvalue weighted by atomic mass is 16.1. The minimum atomic E-state index is -0.147. The summed E-state index contributed by atoms with van der Waals surface area (Å²) in [5.41, 5.74) is 1.50. The molecule has 0 spiro atoms. The van der Waals surface area contributed by atoms with Crippen molar-refractivity contribution >= 4 is 11.7 Å². The zero-order valence-corrected chi connectivity index (χ0v) is 10.9. The number of hydrogen-bond donors (Lipinski definition) is 2. The molecule has 0 aromatic carbocycles. The summed E-state index contributed by atoms with van der Waals surface area (Å²) in [5, 5.41) is 5.82. The van der Waals surface area contributed by atoms with E-state index in [1.807, 2.05) is 19.1 Å². The zero-order chi connectivity index (χ0) is 13.7. The van der Waals surface area contributed by atoms with Gasteiger partial charge < -0.3 is 10.6 Å². The highest BCUT2D eigenvalue weighted by Crippen LogP contribution is 2.11. The van der Waals surface area contributed by atoms with E-state index in [9.17, 15) is 4.79 Å². The minimum absolute atomic E-state index is 0.0924. The van der Waals surface area contributed by atoms with Crippen LogP contribution < -0.4 is 10.6 Å². The molecular formula is C14H16N4O. The minimum Gasteiger partial charge on any atom is -0.373 e. The van der Waals surface area contributed by atoms with Crippen LogP contribution in [-0.4, -0.2) is 22.9 Å². The van der Waals surface area contributed by atoms with Crippen LogP contribution in [-0.2, 0) is 0 Å². The number of aromatic nitrogens is 2. The fourth-order valence-corrected chi connectivity index (χ4v) is 1.67. The van der Waals surface area contributed by atoms with Gasteiger partial charge in [-0.25, -0.2) is 4.98 Å². The highest BCUT2D eigenvalue weighted by Gasteiger charge is 2.11. The molecule has 98 valence electrons. The molecule has 0 aliphatic carbocycles. The number of nitrogens with zero attached hydrogens (tertiary/aromatic N) is 2. The van der Waals surface area contributed by atoms with Crippen molar-refractivity contribution in [2.24, 2.45) is 0 Å². The molecule has 2 aromatic rings. The summed E-state index contributed by atoms with van der Waals surface area (Å²) in [6.45, 7) is 1.92. The molecule has 5 heteroatoms. The maximum Gasteiger partial charge on any atom is 0.253 e. The first-order chi connectivity index (χ1) is 9.20. The van der Waals surface area contributed by atoms with Crippen molar-refractivity contribution in [2.75, 3.05) is 12.4 Å². The Balaban J connectivity index is 2.04. The van der Waals surface area contributed by atoms with Gasteiger partial charge in [0.2, 0.25) is 0 Å². The predicted octanol–water partition coefficient (Wildman–Crippen LogP) is 2.01. The third-order valence-electron chi connectivity index (χ3n) is 2.81.